The van der Waals surface area contributed by atoms with Gasteiger partial charge in [-0.2, -0.15) is 0 Å². The molecule has 1 unspecified atom stereocenters. The Bertz CT molecular complexity index is 277. The van der Waals surface area contributed by atoms with Crippen LogP contribution in [0.25, 0.3) is 0 Å². The van der Waals surface area contributed by atoms with E-state index in [0.717, 1.165) is 6.61 Å². The Morgan fingerprint density at radius 1 is 1.00 bits per heavy atom. The zero-order valence-corrected chi connectivity index (χ0v) is 15.3. The fourth-order valence-corrected chi connectivity index (χ4v) is 3.47. The van der Waals surface area contributed by atoms with Crippen LogP contribution in [0, 0.1) is 17.3 Å². The van der Waals surface area contributed by atoms with E-state index >= 15 is 0 Å². The third-order valence-electron chi connectivity index (χ3n) is 5.35. The molecule has 0 aromatic carbocycles. The smallest absolute Gasteiger partial charge is 0.147 e. The summed E-state index contributed by atoms with van der Waals surface area (Å²) in [6, 6.07) is 0. The van der Waals surface area contributed by atoms with Crippen LogP contribution in [0.2, 0.25) is 0 Å². The summed E-state index contributed by atoms with van der Waals surface area (Å²) in [6.07, 6.45) is 8.90. The van der Waals surface area contributed by atoms with Crippen molar-refractivity contribution < 1.29 is 9.47 Å². The van der Waals surface area contributed by atoms with Gasteiger partial charge in [0, 0.05) is 0 Å². The summed E-state index contributed by atoms with van der Waals surface area (Å²) in [7, 11) is 0. The maximum Gasteiger partial charge on any atom is 0.147 e. The Hall–Kier alpha value is -0.0800. The zero-order valence-electron chi connectivity index (χ0n) is 15.3. The average molecular weight is 299 g/mol. The molecule has 0 N–H and O–H groups in total. The van der Waals surface area contributed by atoms with Crippen molar-refractivity contribution in [3.63, 3.8) is 0 Å². The minimum Gasteiger partial charge on any atom is -0.355 e. The fourth-order valence-electron chi connectivity index (χ4n) is 3.47. The van der Waals surface area contributed by atoms with Crippen molar-refractivity contribution in [2.45, 2.75) is 92.1 Å². The molecule has 0 aliphatic heterocycles. The lowest BCUT2D eigenvalue weighted by atomic mass is 9.74. The molecule has 1 saturated carbocycles. The highest BCUT2D eigenvalue weighted by atomic mass is 16.7. The van der Waals surface area contributed by atoms with Gasteiger partial charge in [0.15, 0.2) is 0 Å². The van der Waals surface area contributed by atoms with Gasteiger partial charge in [0.1, 0.15) is 6.79 Å². The molecule has 1 aliphatic rings. The summed E-state index contributed by atoms with van der Waals surface area (Å²) >= 11 is 0. The molecule has 0 spiro atoms. The van der Waals surface area contributed by atoms with E-state index in [1.54, 1.807) is 0 Å². The van der Waals surface area contributed by atoms with Crippen molar-refractivity contribution in [2.24, 2.45) is 17.3 Å². The van der Waals surface area contributed by atoms with Gasteiger partial charge in [-0.3, -0.25) is 0 Å². The van der Waals surface area contributed by atoms with Gasteiger partial charge in [0.25, 0.3) is 0 Å². The molecule has 0 amide bonds. The van der Waals surface area contributed by atoms with Gasteiger partial charge in [0.05, 0.1) is 12.2 Å². The van der Waals surface area contributed by atoms with Gasteiger partial charge in [-0.15, -0.1) is 0 Å². The van der Waals surface area contributed by atoms with Crippen molar-refractivity contribution in [3.8, 4) is 0 Å². The van der Waals surface area contributed by atoms with Crippen LogP contribution in [0.5, 0.6) is 0 Å². The molecule has 1 rings (SSSR count). The first-order chi connectivity index (χ1) is 9.77. The highest BCUT2D eigenvalue weighted by molar-refractivity contribution is 4.79. The maximum absolute atomic E-state index is 6.11. The molecule has 2 nitrogen and oxygen atoms in total. The predicted molar refractivity (Wildman–Crippen MR) is 90.4 cm³/mol. The van der Waals surface area contributed by atoms with Gasteiger partial charge in [-0.25, -0.2) is 0 Å². The standard InChI is InChI=1S/C19H38O2/c1-16(2)13-18(5,17(3)4)14-20-15-21-19(6)11-9-7-8-10-12-19/h16-17H,7-15H2,1-6H3. The van der Waals surface area contributed by atoms with Crippen LogP contribution in [0.3, 0.4) is 0 Å². The van der Waals surface area contributed by atoms with E-state index in [-0.39, 0.29) is 11.0 Å². The van der Waals surface area contributed by atoms with Gasteiger partial charge >= 0.3 is 0 Å². The zero-order chi connectivity index (χ0) is 15.9. The van der Waals surface area contributed by atoms with Crippen molar-refractivity contribution in [1.82, 2.24) is 0 Å². The van der Waals surface area contributed by atoms with Crippen LogP contribution < -0.4 is 0 Å². The van der Waals surface area contributed by atoms with E-state index in [4.69, 9.17) is 9.47 Å². The van der Waals surface area contributed by atoms with Crippen LogP contribution in [0.1, 0.15) is 86.5 Å². The number of ether oxygens (including phenoxy) is 2. The van der Waals surface area contributed by atoms with Gasteiger partial charge in [-0.1, -0.05) is 60.3 Å². The first-order valence-electron chi connectivity index (χ1n) is 8.99. The molecule has 2 heteroatoms. The van der Waals surface area contributed by atoms with E-state index in [2.05, 4.69) is 41.5 Å². The second-order valence-corrected chi connectivity index (χ2v) is 8.38. The van der Waals surface area contributed by atoms with E-state index in [9.17, 15) is 0 Å². The summed E-state index contributed by atoms with van der Waals surface area (Å²) in [5.74, 6) is 1.34. The molecule has 0 heterocycles. The third-order valence-corrected chi connectivity index (χ3v) is 5.35. The van der Waals surface area contributed by atoms with Gasteiger partial charge < -0.3 is 9.47 Å². The van der Waals surface area contributed by atoms with E-state index in [1.165, 1.54) is 44.9 Å². The van der Waals surface area contributed by atoms with Crippen LogP contribution >= 0.6 is 0 Å². The predicted octanol–water partition coefficient (Wildman–Crippen LogP) is 5.80. The van der Waals surface area contributed by atoms with Gasteiger partial charge in [0.2, 0.25) is 0 Å². The first-order valence-corrected chi connectivity index (χ1v) is 8.99. The van der Waals surface area contributed by atoms with Crippen LogP contribution in [0.4, 0.5) is 0 Å². The Morgan fingerprint density at radius 2 is 1.57 bits per heavy atom. The molecule has 126 valence electrons. The van der Waals surface area contributed by atoms with Crippen molar-refractivity contribution in [3.05, 3.63) is 0 Å². The molecule has 0 radical (unpaired) electrons. The Labute approximate surface area is 133 Å². The van der Waals surface area contributed by atoms with E-state index < -0.39 is 0 Å². The maximum atomic E-state index is 6.11. The van der Waals surface area contributed by atoms with Crippen molar-refractivity contribution in [2.75, 3.05) is 13.4 Å². The molecule has 1 fully saturated rings. The van der Waals surface area contributed by atoms with Crippen molar-refractivity contribution in [1.29, 1.82) is 0 Å². The highest BCUT2D eigenvalue weighted by Crippen LogP contribution is 2.35. The van der Waals surface area contributed by atoms with E-state index in [1.807, 2.05) is 0 Å². The monoisotopic (exact) mass is 298 g/mol. The summed E-state index contributed by atoms with van der Waals surface area (Å²) < 4.78 is 12.1. The quantitative estimate of drug-likeness (QED) is 0.320. The molecule has 1 aliphatic carbocycles. The number of hydrogen-bond donors (Lipinski definition) is 0. The normalized spacial score (nSPS) is 22.3. The molecule has 0 aromatic heterocycles. The summed E-state index contributed by atoms with van der Waals surface area (Å²) in [4.78, 5) is 0. The van der Waals surface area contributed by atoms with Crippen LogP contribution in [-0.2, 0) is 9.47 Å². The topological polar surface area (TPSA) is 18.5 Å². The molecule has 0 bridgehead atoms. The first kappa shape index (κ1) is 19.0. The molecule has 0 saturated heterocycles. The molecule has 0 aromatic rings. The van der Waals surface area contributed by atoms with Gasteiger partial charge in [-0.05, 0) is 43.4 Å². The van der Waals surface area contributed by atoms with Crippen LogP contribution in [-0.4, -0.2) is 19.0 Å². The second kappa shape index (κ2) is 8.53. The summed E-state index contributed by atoms with van der Waals surface area (Å²) in [6.45, 7) is 15.1. The fraction of sp³-hybridized carbons (Fsp3) is 1.00. The summed E-state index contributed by atoms with van der Waals surface area (Å²) in [5.41, 5.74) is 0.296. The molecular weight excluding hydrogens is 260 g/mol. The Balaban J connectivity index is 2.36. The van der Waals surface area contributed by atoms with Crippen molar-refractivity contribution >= 4 is 0 Å². The Kier molecular flexibility index (Phi) is 7.70. The third kappa shape index (κ3) is 6.69. The Morgan fingerprint density at radius 3 is 2.05 bits per heavy atom. The number of hydrogen-bond acceptors (Lipinski definition) is 2. The molecular formula is C19H38O2. The minimum absolute atomic E-state index is 0.0444. The lowest BCUT2D eigenvalue weighted by Gasteiger charge is -2.36. The van der Waals surface area contributed by atoms with Crippen LogP contribution in [0.15, 0.2) is 0 Å². The lowest BCUT2D eigenvalue weighted by Crippen LogP contribution is -2.33. The minimum atomic E-state index is 0.0444. The molecule has 1 atom stereocenters. The summed E-state index contributed by atoms with van der Waals surface area (Å²) in [5, 5.41) is 0. The molecule has 21 heavy (non-hydrogen) atoms. The average Bonchev–Trinajstić information content (AvgIpc) is 2.59. The largest absolute Gasteiger partial charge is 0.355 e. The lowest BCUT2D eigenvalue weighted by molar-refractivity contribution is -0.157. The SMILES string of the molecule is CC(C)CC(C)(COCOC1(C)CCCCCC1)C(C)C. The van der Waals surface area contributed by atoms with E-state index in [0.29, 0.717) is 18.6 Å². The highest BCUT2D eigenvalue weighted by Gasteiger charge is 2.30. The second-order valence-electron chi connectivity index (χ2n) is 8.38. The number of rotatable bonds is 8.